The van der Waals surface area contributed by atoms with E-state index in [0.29, 0.717) is 28.2 Å². The maximum Gasteiger partial charge on any atom is 0.255 e. The van der Waals surface area contributed by atoms with Gasteiger partial charge in [0.05, 0.1) is 65.3 Å². The Labute approximate surface area is 239 Å². The molecular weight excluding hydrogens is 525 g/mol. The number of pyridine rings is 1. The summed E-state index contributed by atoms with van der Waals surface area (Å²) < 4.78 is 21.7. The van der Waals surface area contributed by atoms with Crippen LogP contribution in [0.25, 0.3) is 16.9 Å². The summed E-state index contributed by atoms with van der Waals surface area (Å²) in [6, 6.07) is 9.57. The van der Waals surface area contributed by atoms with Crippen molar-refractivity contribution in [3.8, 4) is 17.5 Å². The lowest BCUT2D eigenvalue weighted by atomic mass is 9.79. The quantitative estimate of drug-likeness (QED) is 0.380. The van der Waals surface area contributed by atoms with Gasteiger partial charge in [-0.15, -0.1) is 0 Å². The highest BCUT2D eigenvalue weighted by Crippen LogP contribution is 2.36. The highest BCUT2D eigenvalue weighted by atomic mass is 19.1. The molecule has 3 aromatic heterocycles. The molecule has 1 saturated heterocycles. The molecule has 0 radical (unpaired) electrons. The van der Waals surface area contributed by atoms with Gasteiger partial charge in [0.2, 0.25) is 0 Å². The first-order valence-electron chi connectivity index (χ1n) is 14.2. The lowest BCUT2D eigenvalue weighted by molar-refractivity contribution is -0.0305. The van der Waals surface area contributed by atoms with Gasteiger partial charge in [0.25, 0.3) is 5.91 Å². The molecule has 1 saturated carbocycles. The minimum absolute atomic E-state index is 0.123. The van der Waals surface area contributed by atoms with E-state index in [2.05, 4.69) is 38.6 Å². The highest BCUT2D eigenvalue weighted by Gasteiger charge is 2.37. The van der Waals surface area contributed by atoms with Gasteiger partial charge in [0.1, 0.15) is 12.2 Å². The number of nitrogens with one attached hydrogen (secondary N) is 2. The molecule has 10 nitrogen and oxygen atoms in total. The zero-order chi connectivity index (χ0) is 29.2. The van der Waals surface area contributed by atoms with Gasteiger partial charge in [-0.1, -0.05) is 0 Å². The molecular formula is C30H38FN7O3. The predicted octanol–water partition coefficient (Wildman–Crippen LogP) is 3.55. The van der Waals surface area contributed by atoms with E-state index >= 15 is 0 Å². The molecule has 0 aromatic carbocycles. The second-order valence-electron chi connectivity index (χ2n) is 11.9. The van der Waals surface area contributed by atoms with Crippen molar-refractivity contribution in [3.05, 3.63) is 47.8 Å². The molecule has 1 aliphatic carbocycles. The van der Waals surface area contributed by atoms with Crippen LogP contribution < -0.4 is 10.6 Å². The summed E-state index contributed by atoms with van der Waals surface area (Å²) in [7, 11) is 0. The molecule has 0 spiro atoms. The minimum Gasteiger partial charge on any atom is -0.387 e. The molecule has 2 aliphatic rings. The van der Waals surface area contributed by atoms with Gasteiger partial charge in [0, 0.05) is 30.9 Å². The Balaban J connectivity index is 1.39. The zero-order valence-electron chi connectivity index (χ0n) is 23.9. The van der Waals surface area contributed by atoms with Crippen molar-refractivity contribution >= 4 is 17.1 Å². The highest BCUT2D eigenvalue weighted by molar-refractivity contribution is 6.00. The Morgan fingerprint density at radius 2 is 2.00 bits per heavy atom. The number of amides is 1. The summed E-state index contributed by atoms with van der Waals surface area (Å²) >= 11 is 0. The van der Waals surface area contributed by atoms with Crippen molar-refractivity contribution in [1.29, 1.82) is 5.26 Å². The second-order valence-corrected chi connectivity index (χ2v) is 11.9. The fourth-order valence-electron chi connectivity index (χ4n) is 5.70. The number of rotatable bonds is 8. The van der Waals surface area contributed by atoms with Crippen LogP contribution in [0.15, 0.2) is 36.7 Å². The molecule has 218 valence electrons. The summed E-state index contributed by atoms with van der Waals surface area (Å²) in [5.74, 6) is -0.468. The number of aromatic nitrogens is 3. The van der Waals surface area contributed by atoms with E-state index in [-0.39, 0.29) is 18.1 Å². The number of carbonyl (C=O) groups is 1. The van der Waals surface area contributed by atoms with Gasteiger partial charge in [0.15, 0.2) is 0 Å². The lowest BCUT2D eigenvalue weighted by Gasteiger charge is -2.47. The molecule has 41 heavy (non-hydrogen) atoms. The summed E-state index contributed by atoms with van der Waals surface area (Å²) in [5.41, 5.74) is 2.01. The Bertz CT molecular complexity index is 1430. The third kappa shape index (κ3) is 6.35. The largest absolute Gasteiger partial charge is 0.387 e. The van der Waals surface area contributed by atoms with E-state index in [9.17, 15) is 19.6 Å². The van der Waals surface area contributed by atoms with Gasteiger partial charge in [-0.25, -0.2) is 8.91 Å². The molecule has 1 atom stereocenters. The standard InChI is InChI=1S/C30H38FN7O3/c1-29(2,40)27(31)19-34-28(39)23-18-33-25(26-5-4-22-14-20(16-32)17-35-38(22)26)15-24(23)36-21-6-8-30(3,9-7-21)37-10-12-41-13-11-37/h4-5,14-15,17-18,21,27,40H,6-13,19H2,1-3H3,(H,33,36)(H,34,39). The number of morpholine rings is 1. The van der Waals surface area contributed by atoms with Gasteiger partial charge in [-0.05, 0) is 70.7 Å². The first-order chi connectivity index (χ1) is 19.6. The molecule has 3 N–H and O–H groups in total. The molecule has 3 aromatic rings. The number of nitriles is 1. The number of aliphatic hydroxyl groups is 1. The summed E-state index contributed by atoms with van der Waals surface area (Å²) in [4.78, 5) is 20.3. The first-order valence-corrected chi connectivity index (χ1v) is 14.2. The van der Waals surface area contributed by atoms with Crippen LogP contribution in [0.2, 0.25) is 0 Å². The third-order valence-corrected chi connectivity index (χ3v) is 8.45. The summed E-state index contributed by atoms with van der Waals surface area (Å²) in [6.07, 6.45) is 5.29. The SMILES string of the molecule is CC(C)(O)C(F)CNC(=O)c1cnc(-c2ccc3cc(C#N)cnn23)cc1NC1CCC(C)(N2CCOCC2)CC1. The number of alkyl halides is 1. The van der Waals surface area contributed by atoms with Crippen molar-refractivity contribution in [2.75, 3.05) is 38.2 Å². The number of nitrogens with zero attached hydrogens (tertiary/aromatic N) is 5. The van der Waals surface area contributed by atoms with Crippen LogP contribution in [0.1, 0.15) is 62.4 Å². The number of ether oxygens (including phenoxy) is 1. The first kappa shape index (κ1) is 28.9. The monoisotopic (exact) mass is 563 g/mol. The molecule has 1 amide bonds. The molecule has 1 aliphatic heterocycles. The van der Waals surface area contributed by atoms with Crippen LogP contribution in [0, 0.1) is 11.3 Å². The minimum atomic E-state index is -1.62. The Morgan fingerprint density at radius 1 is 1.27 bits per heavy atom. The second kappa shape index (κ2) is 11.7. The zero-order valence-corrected chi connectivity index (χ0v) is 23.9. The topological polar surface area (TPSA) is 128 Å². The molecule has 5 rings (SSSR count). The van der Waals surface area contributed by atoms with Crippen molar-refractivity contribution < 1.29 is 19.0 Å². The summed E-state index contributed by atoms with van der Waals surface area (Å²) in [6.45, 7) is 8.18. The van der Waals surface area contributed by atoms with Crippen LogP contribution in [-0.4, -0.2) is 86.7 Å². The van der Waals surface area contributed by atoms with E-state index in [1.54, 1.807) is 10.6 Å². The van der Waals surface area contributed by atoms with Crippen molar-refractivity contribution in [1.82, 2.24) is 24.8 Å². The maximum absolute atomic E-state index is 14.4. The molecule has 2 fully saturated rings. The Morgan fingerprint density at radius 3 is 2.68 bits per heavy atom. The van der Waals surface area contributed by atoms with Crippen LogP contribution in [-0.2, 0) is 4.74 Å². The van der Waals surface area contributed by atoms with Crippen molar-refractivity contribution in [3.63, 3.8) is 0 Å². The molecule has 0 bridgehead atoms. The Hall–Kier alpha value is -3.59. The van der Waals surface area contributed by atoms with Crippen LogP contribution in [0.4, 0.5) is 10.1 Å². The molecule has 11 heteroatoms. The van der Waals surface area contributed by atoms with Gasteiger partial charge in [-0.3, -0.25) is 14.7 Å². The van der Waals surface area contributed by atoms with E-state index in [4.69, 9.17) is 4.74 Å². The number of anilines is 1. The normalized spacial score (nSPS) is 22.7. The number of halogens is 1. The smallest absolute Gasteiger partial charge is 0.255 e. The number of hydrogen-bond acceptors (Lipinski definition) is 8. The fourth-order valence-corrected chi connectivity index (χ4v) is 5.70. The predicted molar refractivity (Wildman–Crippen MR) is 153 cm³/mol. The van der Waals surface area contributed by atoms with E-state index in [1.165, 1.54) is 26.2 Å². The average Bonchev–Trinajstić information content (AvgIpc) is 3.40. The summed E-state index contributed by atoms with van der Waals surface area (Å²) in [5, 5.41) is 29.8. The lowest BCUT2D eigenvalue weighted by Crippen LogP contribution is -2.54. The number of carbonyl (C=O) groups excluding carboxylic acids is 1. The van der Waals surface area contributed by atoms with Crippen LogP contribution in [0.3, 0.4) is 0 Å². The molecule has 1 unspecified atom stereocenters. The van der Waals surface area contributed by atoms with Crippen LogP contribution in [0.5, 0.6) is 0 Å². The van der Waals surface area contributed by atoms with Gasteiger partial charge in [-0.2, -0.15) is 10.4 Å². The Kier molecular flexibility index (Phi) is 8.27. The van der Waals surface area contributed by atoms with Crippen molar-refractivity contribution in [2.24, 2.45) is 0 Å². The third-order valence-electron chi connectivity index (χ3n) is 8.45. The van der Waals surface area contributed by atoms with E-state index in [1.807, 2.05) is 18.2 Å². The average molecular weight is 564 g/mol. The van der Waals surface area contributed by atoms with E-state index < -0.39 is 17.7 Å². The number of hydrogen-bond donors (Lipinski definition) is 3. The maximum atomic E-state index is 14.4. The van der Waals surface area contributed by atoms with E-state index in [0.717, 1.165) is 57.5 Å². The van der Waals surface area contributed by atoms with Crippen molar-refractivity contribution in [2.45, 2.75) is 69.8 Å². The fraction of sp³-hybridized carbons (Fsp3) is 0.533. The van der Waals surface area contributed by atoms with Gasteiger partial charge < -0.3 is 20.5 Å². The van der Waals surface area contributed by atoms with Crippen LogP contribution >= 0.6 is 0 Å². The molecule has 4 heterocycles. The van der Waals surface area contributed by atoms with Gasteiger partial charge >= 0.3 is 0 Å². The number of fused-ring (bicyclic) bond motifs is 1.